The minimum Gasteiger partial charge on any atom is -0.357 e. The van der Waals surface area contributed by atoms with E-state index in [4.69, 9.17) is 4.99 Å². The van der Waals surface area contributed by atoms with Crippen molar-refractivity contribution in [1.29, 1.82) is 0 Å². The maximum absolute atomic E-state index is 12.0. The topological polar surface area (TPSA) is 72.9 Å². The van der Waals surface area contributed by atoms with Crippen LogP contribution in [-0.4, -0.2) is 78.5 Å². The lowest BCUT2D eigenvalue weighted by Gasteiger charge is -2.36. The number of rotatable bonds is 7. The average Bonchev–Trinajstić information content (AvgIpc) is 3.47. The van der Waals surface area contributed by atoms with E-state index in [1.54, 1.807) is 0 Å². The predicted molar refractivity (Wildman–Crippen MR) is 108 cm³/mol. The number of aliphatic imine (C=N–C) groups is 1. The summed E-state index contributed by atoms with van der Waals surface area (Å²) in [5.41, 5.74) is 2.26. The van der Waals surface area contributed by atoms with Crippen LogP contribution in [0.15, 0.2) is 23.3 Å². The Hall–Kier alpha value is -2.15. The number of carbonyl (C=O) groups excluding carboxylic acids is 1. The van der Waals surface area contributed by atoms with Crippen LogP contribution in [0.2, 0.25) is 0 Å². The Labute approximate surface area is 162 Å². The monoisotopic (exact) mass is 372 g/mol. The number of guanidine groups is 1. The lowest BCUT2D eigenvalue weighted by atomic mass is 10.2. The molecule has 0 radical (unpaired) electrons. The van der Waals surface area contributed by atoms with Crippen LogP contribution in [0.5, 0.6) is 0 Å². The first-order valence-corrected chi connectivity index (χ1v) is 10.1. The number of hydrogen-bond acceptors (Lipinski definition) is 4. The first kappa shape index (κ1) is 19.6. The summed E-state index contributed by atoms with van der Waals surface area (Å²) < 4.78 is 0. The van der Waals surface area contributed by atoms with Gasteiger partial charge in [-0.25, -0.2) is 0 Å². The number of aryl methyl sites for hydroxylation is 1. The number of hydrogen-bond donors (Lipinski definition) is 2. The van der Waals surface area contributed by atoms with Gasteiger partial charge in [0.1, 0.15) is 0 Å². The van der Waals surface area contributed by atoms with E-state index in [1.165, 1.54) is 5.56 Å². The SMILES string of the molecule is CCNC(=NCCc1ccc(C)nc1)N1CCN(CC(=O)NC2CC2)CC1. The lowest BCUT2D eigenvalue weighted by molar-refractivity contribution is -0.122. The van der Waals surface area contributed by atoms with E-state index in [-0.39, 0.29) is 5.91 Å². The van der Waals surface area contributed by atoms with Crippen molar-refractivity contribution >= 4 is 11.9 Å². The van der Waals surface area contributed by atoms with Gasteiger partial charge in [0, 0.05) is 57.2 Å². The molecular weight excluding hydrogens is 340 g/mol. The molecule has 0 bridgehead atoms. The third-order valence-corrected chi connectivity index (χ3v) is 4.95. The van der Waals surface area contributed by atoms with Crippen LogP contribution in [0.3, 0.4) is 0 Å². The molecule has 1 aliphatic heterocycles. The zero-order chi connectivity index (χ0) is 19.1. The third kappa shape index (κ3) is 6.50. The fraction of sp³-hybridized carbons (Fsp3) is 0.650. The Bertz CT molecular complexity index is 632. The van der Waals surface area contributed by atoms with E-state index >= 15 is 0 Å². The molecular formula is C20H32N6O. The standard InChI is InChI=1S/C20H32N6O/c1-3-21-20(22-9-8-17-5-4-16(2)23-14-17)26-12-10-25(11-13-26)15-19(27)24-18-6-7-18/h4-5,14,18H,3,6-13,15H2,1-2H3,(H,21,22)(H,24,27). The van der Waals surface area contributed by atoms with E-state index in [1.807, 2.05) is 19.2 Å². The molecule has 1 amide bonds. The minimum absolute atomic E-state index is 0.165. The number of piperazine rings is 1. The van der Waals surface area contributed by atoms with Gasteiger partial charge in [-0.15, -0.1) is 0 Å². The number of amides is 1. The summed E-state index contributed by atoms with van der Waals surface area (Å²) in [4.78, 5) is 25.6. The van der Waals surface area contributed by atoms with Crippen LogP contribution >= 0.6 is 0 Å². The van der Waals surface area contributed by atoms with Gasteiger partial charge in [-0.2, -0.15) is 0 Å². The summed E-state index contributed by atoms with van der Waals surface area (Å²) in [5, 5.41) is 6.47. The van der Waals surface area contributed by atoms with Crippen LogP contribution in [0, 0.1) is 6.92 Å². The Morgan fingerprint density at radius 3 is 2.67 bits per heavy atom. The molecule has 2 N–H and O–H groups in total. The quantitative estimate of drug-likeness (QED) is 0.547. The number of nitrogens with one attached hydrogen (secondary N) is 2. The summed E-state index contributed by atoms with van der Waals surface area (Å²) in [6, 6.07) is 4.61. The van der Waals surface area contributed by atoms with Gasteiger partial charge in [-0.1, -0.05) is 6.07 Å². The molecule has 0 spiro atoms. The van der Waals surface area contributed by atoms with Crippen molar-refractivity contribution in [2.75, 3.05) is 45.8 Å². The molecule has 2 heterocycles. The highest BCUT2D eigenvalue weighted by Crippen LogP contribution is 2.18. The van der Waals surface area contributed by atoms with E-state index in [2.05, 4.69) is 38.4 Å². The normalized spacial score (nSPS) is 18.4. The molecule has 7 nitrogen and oxygen atoms in total. The van der Waals surface area contributed by atoms with Gasteiger partial charge in [0.25, 0.3) is 0 Å². The molecule has 1 saturated heterocycles. The minimum atomic E-state index is 0.165. The second kappa shape index (κ2) is 9.69. The molecule has 1 saturated carbocycles. The maximum atomic E-state index is 12.0. The zero-order valence-electron chi connectivity index (χ0n) is 16.6. The van der Waals surface area contributed by atoms with Crippen molar-refractivity contribution in [2.24, 2.45) is 4.99 Å². The van der Waals surface area contributed by atoms with Gasteiger partial charge in [0.05, 0.1) is 6.54 Å². The number of nitrogens with zero attached hydrogens (tertiary/aromatic N) is 4. The van der Waals surface area contributed by atoms with Crippen molar-refractivity contribution in [3.05, 3.63) is 29.6 Å². The molecule has 1 aliphatic carbocycles. The fourth-order valence-corrected chi connectivity index (χ4v) is 3.18. The molecule has 1 aromatic heterocycles. The molecule has 2 fully saturated rings. The first-order valence-electron chi connectivity index (χ1n) is 10.1. The zero-order valence-corrected chi connectivity index (χ0v) is 16.6. The molecule has 27 heavy (non-hydrogen) atoms. The lowest BCUT2D eigenvalue weighted by Crippen LogP contribution is -2.54. The van der Waals surface area contributed by atoms with Crippen molar-refractivity contribution < 1.29 is 4.79 Å². The molecule has 3 rings (SSSR count). The highest BCUT2D eigenvalue weighted by molar-refractivity contribution is 5.80. The highest BCUT2D eigenvalue weighted by atomic mass is 16.2. The third-order valence-electron chi connectivity index (χ3n) is 4.95. The van der Waals surface area contributed by atoms with Crippen LogP contribution in [0.1, 0.15) is 31.0 Å². The Kier molecular flexibility index (Phi) is 7.04. The second-order valence-corrected chi connectivity index (χ2v) is 7.40. The van der Waals surface area contributed by atoms with Crippen molar-refractivity contribution in [1.82, 2.24) is 25.4 Å². The fourth-order valence-electron chi connectivity index (χ4n) is 3.18. The molecule has 148 valence electrons. The van der Waals surface area contributed by atoms with Crippen molar-refractivity contribution in [3.8, 4) is 0 Å². The molecule has 2 aliphatic rings. The van der Waals surface area contributed by atoms with Gasteiger partial charge in [-0.3, -0.25) is 19.7 Å². The summed E-state index contributed by atoms with van der Waals surface area (Å²) in [5.74, 6) is 1.14. The highest BCUT2D eigenvalue weighted by Gasteiger charge is 2.25. The van der Waals surface area contributed by atoms with E-state index in [0.29, 0.717) is 12.6 Å². The van der Waals surface area contributed by atoms with Crippen molar-refractivity contribution in [3.63, 3.8) is 0 Å². The van der Waals surface area contributed by atoms with Gasteiger partial charge < -0.3 is 15.5 Å². The van der Waals surface area contributed by atoms with Gasteiger partial charge in [0.15, 0.2) is 5.96 Å². The summed E-state index contributed by atoms with van der Waals surface area (Å²) in [6.07, 6.45) is 5.11. The van der Waals surface area contributed by atoms with Crippen LogP contribution in [0.25, 0.3) is 0 Å². The predicted octanol–water partition coefficient (Wildman–Crippen LogP) is 0.794. The Morgan fingerprint density at radius 2 is 2.04 bits per heavy atom. The number of pyridine rings is 1. The smallest absolute Gasteiger partial charge is 0.234 e. The molecule has 1 aromatic rings. The van der Waals surface area contributed by atoms with E-state index in [0.717, 1.165) is 70.2 Å². The summed E-state index contributed by atoms with van der Waals surface area (Å²) in [7, 11) is 0. The van der Waals surface area contributed by atoms with Gasteiger partial charge in [-0.05, 0) is 44.7 Å². The van der Waals surface area contributed by atoms with E-state index < -0.39 is 0 Å². The molecule has 0 aromatic carbocycles. The molecule has 0 unspecified atom stereocenters. The summed E-state index contributed by atoms with van der Waals surface area (Å²) in [6.45, 7) is 9.79. The average molecular weight is 373 g/mol. The summed E-state index contributed by atoms with van der Waals surface area (Å²) >= 11 is 0. The van der Waals surface area contributed by atoms with Gasteiger partial charge >= 0.3 is 0 Å². The Morgan fingerprint density at radius 1 is 1.26 bits per heavy atom. The first-order chi connectivity index (χ1) is 13.1. The van der Waals surface area contributed by atoms with Crippen LogP contribution in [-0.2, 0) is 11.2 Å². The van der Waals surface area contributed by atoms with Crippen LogP contribution < -0.4 is 10.6 Å². The molecule has 0 atom stereocenters. The van der Waals surface area contributed by atoms with E-state index in [9.17, 15) is 4.79 Å². The Balaban J connectivity index is 1.45. The number of carbonyl (C=O) groups is 1. The van der Waals surface area contributed by atoms with Gasteiger partial charge in [0.2, 0.25) is 5.91 Å². The largest absolute Gasteiger partial charge is 0.357 e. The van der Waals surface area contributed by atoms with Crippen LogP contribution in [0.4, 0.5) is 0 Å². The molecule has 7 heteroatoms. The maximum Gasteiger partial charge on any atom is 0.234 e. The number of aromatic nitrogens is 1. The second-order valence-electron chi connectivity index (χ2n) is 7.40. The van der Waals surface area contributed by atoms with Crippen molar-refractivity contribution in [2.45, 2.75) is 39.2 Å².